The summed E-state index contributed by atoms with van der Waals surface area (Å²) in [5, 5.41) is 10.1. The van der Waals surface area contributed by atoms with Crippen LogP contribution in [-0.2, 0) is 9.53 Å². The number of nitrogens with zero attached hydrogens (tertiary/aromatic N) is 1. The topological polar surface area (TPSA) is 49.8 Å². The molecule has 1 N–H and O–H groups in total. The Bertz CT molecular complexity index is 601. The van der Waals surface area contributed by atoms with Gasteiger partial charge in [0, 0.05) is 12.5 Å². The van der Waals surface area contributed by atoms with Crippen LogP contribution in [0.2, 0.25) is 0 Å². The van der Waals surface area contributed by atoms with Crippen molar-refractivity contribution >= 4 is 5.97 Å². The molecule has 4 heteroatoms. The minimum atomic E-state index is -0.661. The number of benzene rings is 2. The van der Waals surface area contributed by atoms with Crippen LogP contribution in [0.5, 0.6) is 0 Å². The highest BCUT2D eigenvalue weighted by Gasteiger charge is 2.20. The fraction of sp³-hybridized carbons (Fsp3) is 0.409. The van der Waals surface area contributed by atoms with E-state index in [0.717, 1.165) is 24.2 Å². The molecule has 0 saturated heterocycles. The van der Waals surface area contributed by atoms with Crippen LogP contribution in [0.25, 0.3) is 0 Å². The van der Waals surface area contributed by atoms with Crippen molar-refractivity contribution in [3.8, 4) is 0 Å². The van der Waals surface area contributed by atoms with Crippen molar-refractivity contribution in [3.05, 3.63) is 71.8 Å². The van der Waals surface area contributed by atoms with E-state index in [0.29, 0.717) is 6.54 Å². The molecule has 26 heavy (non-hydrogen) atoms. The second-order valence-electron chi connectivity index (χ2n) is 6.40. The van der Waals surface area contributed by atoms with Crippen LogP contribution in [0.4, 0.5) is 0 Å². The molecule has 2 rings (SSSR count). The highest BCUT2D eigenvalue weighted by Crippen LogP contribution is 2.28. The second-order valence-corrected chi connectivity index (χ2v) is 6.40. The van der Waals surface area contributed by atoms with Gasteiger partial charge in [0.1, 0.15) is 12.7 Å². The molecule has 0 spiro atoms. The molecule has 0 aromatic heterocycles. The highest BCUT2D eigenvalue weighted by molar-refractivity contribution is 5.71. The number of rotatable bonds is 10. The average Bonchev–Trinajstić information content (AvgIpc) is 2.70. The molecule has 1 unspecified atom stereocenters. The average molecular weight is 355 g/mol. The first-order valence-corrected chi connectivity index (χ1v) is 9.30. The van der Waals surface area contributed by atoms with Crippen molar-refractivity contribution < 1.29 is 14.6 Å². The first-order valence-electron chi connectivity index (χ1n) is 9.30. The number of carbonyl (C=O) groups is 1. The van der Waals surface area contributed by atoms with Crippen molar-refractivity contribution in [1.29, 1.82) is 0 Å². The summed E-state index contributed by atoms with van der Waals surface area (Å²) in [6.07, 6.45) is -0.405. The minimum Gasteiger partial charge on any atom is -0.463 e. The Morgan fingerprint density at radius 3 is 1.92 bits per heavy atom. The van der Waals surface area contributed by atoms with E-state index in [1.807, 2.05) is 74.5 Å². The molecule has 0 heterocycles. The van der Waals surface area contributed by atoms with Gasteiger partial charge in [0.15, 0.2) is 0 Å². The zero-order valence-corrected chi connectivity index (χ0v) is 15.7. The Hall–Kier alpha value is -2.17. The first-order chi connectivity index (χ1) is 12.6. The van der Waals surface area contributed by atoms with Crippen LogP contribution in [-0.4, -0.2) is 48.3 Å². The van der Waals surface area contributed by atoms with Crippen molar-refractivity contribution in [2.75, 3.05) is 26.2 Å². The quantitative estimate of drug-likeness (QED) is 0.663. The number of aliphatic hydroxyl groups is 1. The predicted octanol–water partition coefficient (Wildman–Crippen LogP) is 3.45. The molecule has 0 amide bonds. The maximum Gasteiger partial charge on any atom is 0.306 e. The van der Waals surface area contributed by atoms with Crippen molar-refractivity contribution in [1.82, 2.24) is 4.90 Å². The highest BCUT2D eigenvalue weighted by atomic mass is 16.5. The lowest BCUT2D eigenvalue weighted by molar-refractivity contribution is -0.147. The van der Waals surface area contributed by atoms with Crippen molar-refractivity contribution in [2.24, 2.45) is 0 Å². The third-order valence-corrected chi connectivity index (χ3v) is 4.57. The van der Waals surface area contributed by atoms with Crippen LogP contribution >= 0.6 is 0 Å². The minimum absolute atomic E-state index is 0.0334. The Morgan fingerprint density at radius 1 is 0.962 bits per heavy atom. The van der Waals surface area contributed by atoms with E-state index in [1.54, 1.807) is 0 Å². The Labute approximate surface area is 156 Å². The van der Waals surface area contributed by atoms with Gasteiger partial charge in [0.2, 0.25) is 0 Å². The maximum absolute atomic E-state index is 12.4. The van der Waals surface area contributed by atoms with Gasteiger partial charge in [0.05, 0.1) is 6.42 Å². The molecule has 2 aromatic carbocycles. The van der Waals surface area contributed by atoms with E-state index in [-0.39, 0.29) is 24.9 Å². The van der Waals surface area contributed by atoms with E-state index in [4.69, 9.17) is 4.74 Å². The van der Waals surface area contributed by atoms with Crippen molar-refractivity contribution in [3.63, 3.8) is 0 Å². The Kier molecular flexibility index (Phi) is 8.32. The first kappa shape index (κ1) is 20.1. The third kappa shape index (κ3) is 6.28. The number of hydrogen-bond donors (Lipinski definition) is 1. The Balaban J connectivity index is 1.97. The van der Waals surface area contributed by atoms with E-state index in [2.05, 4.69) is 4.90 Å². The summed E-state index contributed by atoms with van der Waals surface area (Å²) in [5.74, 6) is -0.342. The Morgan fingerprint density at radius 2 is 1.46 bits per heavy atom. The fourth-order valence-electron chi connectivity index (χ4n) is 3.05. The van der Waals surface area contributed by atoms with Gasteiger partial charge in [-0.05, 0) is 24.2 Å². The number of likely N-dealkylation sites (N-methyl/N-ethyl adjacent to an activating group) is 1. The summed E-state index contributed by atoms with van der Waals surface area (Å²) < 4.78 is 5.35. The van der Waals surface area contributed by atoms with Crippen LogP contribution in [0, 0.1) is 0 Å². The van der Waals surface area contributed by atoms with Gasteiger partial charge in [-0.2, -0.15) is 0 Å². The smallest absolute Gasteiger partial charge is 0.306 e. The summed E-state index contributed by atoms with van der Waals surface area (Å²) in [4.78, 5) is 14.5. The lowest BCUT2D eigenvalue weighted by Crippen LogP contribution is -2.35. The molecule has 0 aliphatic carbocycles. The molecular formula is C22H29NO3. The van der Waals surface area contributed by atoms with Crippen LogP contribution in [0.15, 0.2) is 60.7 Å². The maximum atomic E-state index is 12.4. The molecule has 0 bridgehead atoms. The van der Waals surface area contributed by atoms with Gasteiger partial charge < -0.3 is 14.7 Å². The van der Waals surface area contributed by atoms with Gasteiger partial charge in [0.25, 0.3) is 0 Å². The third-order valence-electron chi connectivity index (χ3n) is 4.57. The molecule has 2 aromatic rings. The number of esters is 1. The molecule has 0 radical (unpaired) electrons. The summed E-state index contributed by atoms with van der Waals surface area (Å²) >= 11 is 0. The van der Waals surface area contributed by atoms with Crippen LogP contribution in [0.1, 0.15) is 37.3 Å². The zero-order chi connectivity index (χ0) is 18.8. The zero-order valence-electron chi connectivity index (χ0n) is 15.7. The largest absolute Gasteiger partial charge is 0.463 e. The summed E-state index contributed by atoms with van der Waals surface area (Å²) in [7, 11) is 0. The molecular weight excluding hydrogens is 326 g/mol. The predicted molar refractivity (Wildman–Crippen MR) is 104 cm³/mol. The van der Waals surface area contributed by atoms with Gasteiger partial charge in [-0.3, -0.25) is 4.79 Å². The van der Waals surface area contributed by atoms with Gasteiger partial charge in [-0.15, -0.1) is 0 Å². The molecule has 1 atom stereocenters. The lowest BCUT2D eigenvalue weighted by Gasteiger charge is -2.22. The lowest BCUT2D eigenvalue weighted by atomic mass is 9.89. The summed E-state index contributed by atoms with van der Waals surface area (Å²) in [6, 6.07) is 19.9. The van der Waals surface area contributed by atoms with Gasteiger partial charge >= 0.3 is 5.97 Å². The fourth-order valence-corrected chi connectivity index (χ4v) is 3.05. The number of aliphatic hydroxyl groups excluding tert-OH is 1. The second kappa shape index (κ2) is 10.7. The standard InChI is InChI=1S/C22H29NO3/c1-3-23(4-2)16-20(24)17-26-22(25)15-21(18-11-7-5-8-12-18)19-13-9-6-10-14-19/h5-14,20-21,24H,3-4,15-17H2,1-2H3. The number of carbonyl (C=O) groups excluding carboxylic acids is 1. The SMILES string of the molecule is CCN(CC)CC(O)COC(=O)CC(c1ccccc1)c1ccccc1. The summed E-state index contributed by atoms with van der Waals surface area (Å²) in [5.41, 5.74) is 2.17. The molecule has 0 aliphatic heterocycles. The molecule has 0 fully saturated rings. The molecule has 4 nitrogen and oxygen atoms in total. The van der Waals surface area contributed by atoms with Gasteiger partial charge in [-0.1, -0.05) is 74.5 Å². The van der Waals surface area contributed by atoms with E-state index in [9.17, 15) is 9.90 Å². The number of ether oxygens (including phenoxy) is 1. The van der Waals surface area contributed by atoms with Gasteiger partial charge in [-0.25, -0.2) is 0 Å². The molecule has 0 aliphatic rings. The molecule has 0 saturated carbocycles. The van der Waals surface area contributed by atoms with Crippen LogP contribution in [0.3, 0.4) is 0 Å². The van der Waals surface area contributed by atoms with Crippen LogP contribution < -0.4 is 0 Å². The van der Waals surface area contributed by atoms with E-state index in [1.165, 1.54) is 0 Å². The molecule has 140 valence electrons. The number of hydrogen-bond acceptors (Lipinski definition) is 4. The van der Waals surface area contributed by atoms with Crippen molar-refractivity contribution in [2.45, 2.75) is 32.3 Å². The summed E-state index contributed by atoms with van der Waals surface area (Å²) in [6.45, 7) is 6.38. The van der Waals surface area contributed by atoms with E-state index >= 15 is 0 Å². The van der Waals surface area contributed by atoms with E-state index < -0.39 is 6.10 Å². The monoisotopic (exact) mass is 355 g/mol. The normalized spacial score (nSPS) is 12.3.